The van der Waals surface area contributed by atoms with Gasteiger partial charge in [0.2, 0.25) is 0 Å². The maximum Gasteiger partial charge on any atom is 0.472 e. The minimum Gasteiger partial charge on any atom is -0.477 e. The number of phosphoric acid groups is 2. The van der Waals surface area contributed by atoms with Gasteiger partial charge in [-0.25, -0.2) is 18.4 Å². The standard InChI is InChI=1S/C8H18O15P2/c9-3(1-8(15,7(13)14)23-25(19,20)21)5(11)6(12)4(10)2-22-24(16,17)18/h3-6,9-12,15H,1-2H2,(H,13,14)(H2,16,17,18)(H2,19,20,21)/t3-,4-,5-,6-,8-/m1/s1. The Balaban J connectivity index is 5.00. The molecule has 0 unspecified atom stereocenters. The summed E-state index contributed by atoms with van der Waals surface area (Å²) in [5.41, 5.74) is 0. The van der Waals surface area contributed by atoms with E-state index in [-0.39, 0.29) is 0 Å². The summed E-state index contributed by atoms with van der Waals surface area (Å²) < 4.78 is 28.5. The van der Waals surface area contributed by atoms with Crippen LogP contribution in [0.1, 0.15) is 6.42 Å². The molecule has 0 aliphatic rings. The van der Waals surface area contributed by atoms with Crippen LogP contribution in [-0.4, -0.2) is 93.0 Å². The van der Waals surface area contributed by atoms with Crippen molar-refractivity contribution in [2.75, 3.05) is 6.61 Å². The first-order chi connectivity index (χ1) is 11.0. The lowest BCUT2D eigenvalue weighted by Crippen LogP contribution is -2.51. The number of hydrogen-bond donors (Lipinski definition) is 10. The minimum absolute atomic E-state index is 1.20. The molecule has 0 aromatic carbocycles. The topological polar surface area (TPSA) is 272 Å². The lowest BCUT2D eigenvalue weighted by molar-refractivity contribution is -0.214. The number of phosphoric ester groups is 2. The third kappa shape index (κ3) is 9.12. The van der Waals surface area contributed by atoms with Crippen LogP contribution in [0.3, 0.4) is 0 Å². The summed E-state index contributed by atoms with van der Waals surface area (Å²) in [5, 5.41) is 56.3. The Morgan fingerprint density at radius 1 is 0.920 bits per heavy atom. The van der Waals surface area contributed by atoms with Crippen LogP contribution in [0.5, 0.6) is 0 Å². The van der Waals surface area contributed by atoms with Crippen molar-refractivity contribution in [1.29, 1.82) is 0 Å². The Hall–Kier alpha value is -0.510. The molecule has 10 N–H and O–H groups in total. The Morgan fingerprint density at radius 3 is 1.72 bits per heavy atom. The third-order valence-corrected chi connectivity index (χ3v) is 3.67. The van der Waals surface area contributed by atoms with Crippen molar-refractivity contribution in [3.63, 3.8) is 0 Å². The van der Waals surface area contributed by atoms with Gasteiger partial charge in [0.1, 0.15) is 18.3 Å². The summed E-state index contributed by atoms with van der Waals surface area (Å²) in [7, 11) is -10.6. The van der Waals surface area contributed by atoms with E-state index in [0.717, 1.165) is 0 Å². The van der Waals surface area contributed by atoms with Gasteiger partial charge in [0.05, 0.1) is 12.7 Å². The highest BCUT2D eigenvalue weighted by atomic mass is 31.2. The van der Waals surface area contributed by atoms with Gasteiger partial charge in [0.15, 0.2) is 0 Å². The van der Waals surface area contributed by atoms with Crippen molar-refractivity contribution >= 4 is 21.6 Å². The van der Waals surface area contributed by atoms with Crippen LogP contribution < -0.4 is 0 Å². The molecule has 0 rings (SSSR count). The van der Waals surface area contributed by atoms with Crippen LogP contribution in [-0.2, 0) is 23.0 Å². The maximum atomic E-state index is 10.8. The second-order valence-electron chi connectivity index (χ2n) is 4.78. The second kappa shape index (κ2) is 8.92. The van der Waals surface area contributed by atoms with Crippen molar-refractivity contribution in [2.24, 2.45) is 0 Å². The highest BCUT2D eigenvalue weighted by molar-refractivity contribution is 7.46. The normalized spacial score (nSPS) is 20.4. The Morgan fingerprint density at radius 2 is 1.36 bits per heavy atom. The van der Waals surface area contributed by atoms with E-state index in [1.165, 1.54) is 0 Å². The fourth-order valence-corrected chi connectivity index (χ4v) is 2.38. The monoisotopic (exact) mass is 416 g/mol. The maximum absolute atomic E-state index is 10.8. The van der Waals surface area contributed by atoms with Crippen molar-refractivity contribution < 1.29 is 73.2 Å². The van der Waals surface area contributed by atoms with Crippen molar-refractivity contribution in [3.8, 4) is 0 Å². The van der Waals surface area contributed by atoms with Gasteiger partial charge in [-0.15, -0.1) is 0 Å². The summed E-state index contributed by atoms with van der Waals surface area (Å²) in [6, 6.07) is 0. The molecular weight excluding hydrogens is 398 g/mol. The number of carboxylic acids is 1. The molecule has 0 radical (unpaired) electrons. The van der Waals surface area contributed by atoms with E-state index in [0.29, 0.717) is 0 Å². The van der Waals surface area contributed by atoms with E-state index >= 15 is 0 Å². The van der Waals surface area contributed by atoms with Crippen LogP contribution in [0.2, 0.25) is 0 Å². The highest BCUT2D eigenvalue weighted by Gasteiger charge is 2.47. The summed E-state index contributed by atoms with van der Waals surface area (Å²) in [4.78, 5) is 44.7. The minimum atomic E-state index is -5.54. The largest absolute Gasteiger partial charge is 0.477 e. The first-order valence-electron chi connectivity index (χ1n) is 6.13. The molecule has 150 valence electrons. The Labute approximate surface area is 139 Å². The van der Waals surface area contributed by atoms with E-state index in [1.54, 1.807) is 0 Å². The number of aliphatic hydroxyl groups is 5. The first-order valence-corrected chi connectivity index (χ1v) is 9.19. The second-order valence-corrected chi connectivity index (χ2v) is 7.18. The zero-order valence-electron chi connectivity index (χ0n) is 12.1. The van der Waals surface area contributed by atoms with Crippen LogP contribution >= 0.6 is 15.6 Å². The average Bonchev–Trinajstić information content (AvgIpc) is 2.39. The molecule has 0 saturated carbocycles. The van der Waals surface area contributed by atoms with Gasteiger partial charge in [-0.3, -0.25) is 4.52 Å². The molecule has 15 nitrogen and oxygen atoms in total. The molecule has 5 atom stereocenters. The number of carbonyl (C=O) groups is 1. The molecule has 0 aromatic rings. The van der Waals surface area contributed by atoms with E-state index in [4.69, 9.17) is 24.7 Å². The van der Waals surface area contributed by atoms with Gasteiger partial charge in [-0.2, -0.15) is 0 Å². The van der Waals surface area contributed by atoms with Gasteiger partial charge in [-0.05, 0) is 0 Å². The zero-order chi connectivity index (χ0) is 20.2. The Kier molecular flexibility index (Phi) is 8.74. The molecule has 0 bridgehead atoms. The first kappa shape index (κ1) is 24.5. The quantitative estimate of drug-likeness (QED) is 0.113. The number of hydrogen-bond acceptors (Lipinski definition) is 10. The van der Waals surface area contributed by atoms with Crippen molar-refractivity contribution in [1.82, 2.24) is 0 Å². The van der Waals surface area contributed by atoms with E-state index in [1.807, 2.05) is 0 Å². The molecule has 0 aliphatic heterocycles. The van der Waals surface area contributed by atoms with Crippen LogP contribution in [0.25, 0.3) is 0 Å². The van der Waals surface area contributed by atoms with E-state index in [9.17, 15) is 39.5 Å². The van der Waals surface area contributed by atoms with Crippen LogP contribution in [0, 0.1) is 0 Å². The summed E-state index contributed by atoms with van der Waals surface area (Å²) in [5.74, 6) is -6.01. The number of aliphatic hydroxyl groups excluding tert-OH is 4. The number of carboxylic acid groups (broad SMARTS) is 1. The summed E-state index contributed by atoms with van der Waals surface area (Å²) in [6.45, 7) is -1.20. The van der Waals surface area contributed by atoms with Crippen LogP contribution in [0.15, 0.2) is 0 Å². The molecule has 17 heteroatoms. The molecule has 0 aliphatic carbocycles. The predicted molar refractivity (Wildman–Crippen MR) is 72.4 cm³/mol. The van der Waals surface area contributed by atoms with Crippen molar-refractivity contribution in [2.45, 2.75) is 36.6 Å². The molecule has 0 aromatic heterocycles. The van der Waals surface area contributed by atoms with E-state index in [2.05, 4.69) is 9.05 Å². The predicted octanol–water partition coefficient (Wildman–Crippen LogP) is -4.19. The van der Waals surface area contributed by atoms with Crippen LogP contribution in [0.4, 0.5) is 0 Å². The Bertz CT molecular complexity index is 540. The molecule has 0 heterocycles. The van der Waals surface area contributed by atoms with Gasteiger partial charge in [0, 0.05) is 6.42 Å². The summed E-state index contributed by atoms with van der Waals surface area (Å²) >= 11 is 0. The number of rotatable bonds is 11. The lowest BCUT2D eigenvalue weighted by Gasteiger charge is -2.30. The van der Waals surface area contributed by atoms with E-state index < -0.39 is 64.8 Å². The summed E-state index contributed by atoms with van der Waals surface area (Å²) in [6.07, 6.45) is -10.9. The van der Waals surface area contributed by atoms with Crippen molar-refractivity contribution in [3.05, 3.63) is 0 Å². The smallest absolute Gasteiger partial charge is 0.472 e. The lowest BCUT2D eigenvalue weighted by atomic mass is 9.97. The molecular formula is C8H18O15P2. The van der Waals surface area contributed by atoms with Gasteiger partial charge < -0.3 is 50.2 Å². The van der Waals surface area contributed by atoms with Gasteiger partial charge >= 0.3 is 21.6 Å². The zero-order valence-corrected chi connectivity index (χ0v) is 13.9. The fraction of sp³-hybridized carbons (Fsp3) is 0.875. The molecule has 25 heavy (non-hydrogen) atoms. The molecule has 0 saturated heterocycles. The average molecular weight is 416 g/mol. The third-order valence-electron chi connectivity index (χ3n) is 2.64. The number of aliphatic carboxylic acids is 1. The molecule has 0 fully saturated rings. The van der Waals surface area contributed by atoms with Gasteiger partial charge in [-0.1, -0.05) is 0 Å². The fourth-order valence-electron chi connectivity index (χ4n) is 1.49. The highest BCUT2D eigenvalue weighted by Crippen LogP contribution is 2.42. The van der Waals surface area contributed by atoms with Gasteiger partial charge in [0.25, 0.3) is 5.79 Å². The SMILES string of the molecule is O=C(O)[C@@](O)(C[C@@H](O)[C@@H](O)[C@H](O)[C@H](O)COP(=O)(O)O)OP(=O)(O)O. The molecule has 0 amide bonds. The molecule has 0 spiro atoms.